The lowest BCUT2D eigenvalue weighted by Gasteiger charge is -2.18. The van der Waals surface area contributed by atoms with Crippen molar-refractivity contribution in [1.82, 2.24) is 5.32 Å². The van der Waals surface area contributed by atoms with Crippen LogP contribution in [0.3, 0.4) is 0 Å². The van der Waals surface area contributed by atoms with E-state index in [9.17, 15) is 22.8 Å². The molecule has 4 nitrogen and oxygen atoms in total. The summed E-state index contributed by atoms with van der Waals surface area (Å²) in [6.45, 7) is 1.53. The van der Waals surface area contributed by atoms with E-state index in [1.807, 2.05) is 37.3 Å². The van der Waals surface area contributed by atoms with Crippen LogP contribution < -0.4 is 5.32 Å². The lowest BCUT2D eigenvalue weighted by molar-refractivity contribution is -0.144. The smallest absolute Gasteiger partial charge is 0.416 e. The van der Waals surface area contributed by atoms with Gasteiger partial charge in [0.25, 0.3) is 5.91 Å². The number of rotatable bonds is 8. The standard InChI is InChI=1S/C22H22F3NO3/c1-2-7-19(17-9-4-3-5-10-17)26-20(27)15-29-21(28)13-12-16-8-6-11-18(14-16)22(23,24)25/h3-6,8-14,19H,2,7,15H2,1H3,(H,26,27)/b13-12+/t19-/m1/s1. The van der Waals surface area contributed by atoms with Crippen LogP contribution in [0.4, 0.5) is 13.2 Å². The Morgan fingerprint density at radius 3 is 2.48 bits per heavy atom. The van der Waals surface area contributed by atoms with Crippen LogP contribution in [0.2, 0.25) is 0 Å². The zero-order valence-corrected chi connectivity index (χ0v) is 15.9. The van der Waals surface area contributed by atoms with Crippen molar-refractivity contribution in [2.24, 2.45) is 0 Å². The van der Waals surface area contributed by atoms with E-state index < -0.39 is 30.2 Å². The highest BCUT2D eigenvalue weighted by Crippen LogP contribution is 2.29. The molecule has 1 amide bonds. The molecule has 0 heterocycles. The second kappa shape index (κ2) is 10.5. The molecular formula is C22H22F3NO3. The number of amides is 1. The fourth-order valence-corrected chi connectivity index (χ4v) is 2.70. The molecule has 2 aromatic rings. The van der Waals surface area contributed by atoms with E-state index in [2.05, 4.69) is 5.32 Å². The minimum atomic E-state index is -4.46. The van der Waals surface area contributed by atoms with Gasteiger partial charge in [-0.15, -0.1) is 0 Å². The molecule has 0 radical (unpaired) electrons. The Morgan fingerprint density at radius 2 is 1.83 bits per heavy atom. The minimum absolute atomic E-state index is 0.187. The molecule has 2 rings (SSSR count). The van der Waals surface area contributed by atoms with Gasteiger partial charge in [0.15, 0.2) is 6.61 Å². The number of carbonyl (C=O) groups excluding carboxylic acids is 2. The Labute approximate surface area is 167 Å². The molecule has 1 N–H and O–H groups in total. The molecule has 7 heteroatoms. The summed E-state index contributed by atoms with van der Waals surface area (Å²) >= 11 is 0. The van der Waals surface area contributed by atoms with Gasteiger partial charge in [-0.2, -0.15) is 13.2 Å². The number of hydrogen-bond acceptors (Lipinski definition) is 3. The molecule has 0 spiro atoms. The van der Waals surface area contributed by atoms with Gasteiger partial charge in [-0.3, -0.25) is 4.79 Å². The fraction of sp³-hybridized carbons (Fsp3) is 0.273. The number of hydrogen-bond donors (Lipinski definition) is 1. The molecule has 0 saturated carbocycles. The molecule has 154 valence electrons. The molecule has 0 aliphatic heterocycles. The van der Waals surface area contributed by atoms with Crippen LogP contribution >= 0.6 is 0 Å². The summed E-state index contributed by atoms with van der Waals surface area (Å²) in [5.41, 5.74) is 0.349. The highest BCUT2D eigenvalue weighted by Gasteiger charge is 2.30. The normalized spacial score (nSPS) is 12.6. The number of halogens is 3. The maximum Gasteiger partial charge on any atom is 0.416 e. The van der Waals surface area contributed by atoms with Gasteiger partial charge in [0.05, 0.1) is 11.6 Å². The second-order valence-electron chi connectivity index (χ2n) is 6.38. The predicted molar refractivity (Wildman–Crippen MR) is 104 cm³/mol. The van der Waals surface area contributed by atoms with Crippen LogP contribution in [-0.2, 0) is 20.5 Å². The first-order valence-corrected chi connectivity index (χ1v) is 9.16. The third kappa shape index (κ3) is 7.44. The molecular weight excluding hydrogens is 383 g/mol. The molecule has 0 bridgehead atoms. The van der Waals surface area contributed by atoms with Crippen molar-refractivity contribution in [3.05, 3.63) is 77.4 Å². The van der Waals surface area contributed by atoms with Gasteiger partial charge >= 0.3 is 12.1 Å². The molecule has 0 aromatic heterocycles. The van der Waals surface area contributed by atoms with Gasteiger partial charge in [-0.25, -0.2) is 4.79 Å². The summed E-state index contributed by atoms with van der Waals surface area (Å²) in [6, 6.07) is 13.8. The molecule has 29 heavy (non-hydrogen) atoms. The van der Waals surface area contributed by atoms with E-state index in [1.54, 1.807) is 0 Å². The monoisotopic (exact) mass is 405 g/mol. The van der Waals surface area contributed by atoms with Gasteiger partial charge in [-0.1, -0.05) is 55.8 Å². The Kier molecular flexibility index (Phi) is 8.00. The first-order valence-electron chi connectivity index (χ1n) is 9.16. The van der Waals surface area contributed by atoms with Crippen LogP contribution in [-0.4, -0.2) is 18.5 Å². The van der Waals surface area contributed by atoms with Crippen LogP contribution in [0.5, 0.6) is 0 Å². The largest absolute Gasteiger partial charge is 0.452 e. The number of alkyl halides is 3. The van der Waals surface area contributed by atoms with Crippen molar-refractivity contribution < 1.29 is 27.5 Å². The van der Waals surface area contributed by atoms with E-state index in [0.717, 1.165) is 36.6 Å². The zero-order chi connectivity index (χ0) is 21.3. The molecule has 0 fully saturated rings. The maximum atomic E-state index is 12.7. The first kappa shape index (κ1) is 22.2. The highest BCUT2D eigenvalue weighted by molar-refractivity contribution is 5.89. The number of carbonyl (C=O) groups is 2. The number of benzene rings is 2. The molecule has 0 aliphatic carbocycles. The topological polar surface area (TPSA) is 55.4 Å². The van der Waals surface area contributed by atoms with E-state index in [-0.39, 0.29) is 11.6 Å². The quantitative estimate of drug-likeness (QED) is 0.501. The first-order chi connectivity index (χ1) is 13.8. The molecule has 0 aliphatic rings. The highest BCUT2D eigenvalue weighted by atomic mass is 19.4. The van der Waals surface area contributed by atoms with Crippen LogP contribution in [0.1, 0.15) is 42.5 Å². The van der Waals surface area contributed by atoms with Crippen molar-refractivity contribution in [1.29, 1.82) is 0 Å². The van der Waals surface area contributed by atoms with Crippen LogP contribution in [0.15, 0.2) is 60.7 Å². The Balaban J connectivity index is 1.88. The van der Waals surface area contributed by atoms with E-state index in [4.69, 9.17) is 4.74 Å². The van der Waals surface area contributed by atoms with Crippen molar-refractivity contribution in [2.75, 3.05) is 6.61 Å². The lowest BCUT2D eigenvalue weighted by atomic mass is 10.0. The second-order valence-corrected chi connectivity index (χ2v) is 6.38. The van der Waals surface area contributed by atoms with Gasteiger partial charge in [0, 0.05) is 6.08 Å². The number of nitrogens with one attached hydrogen (secondary N) is 1. The molecule has 0 unspecified atom stereocenters. The van der Waals surface area contributed by atoms with Gasteiger partial charge < -0.3 is 10.1 Å². The average molecular weight is 405 g/mol. The third-order valence-corrected chi connectivity index (χ3v) is 4.09. The average Bonchev–Trinajstić information content (AvgIpc) is 2.70. The summed E-state index contributed by atoms with van der Waals surface area (Å²) in [4.78, 5) is 23.9. The summed E-state index contributed by atoms with van der Waals surface area (Å²) < 4.78 is 43.0. The summed E-state index contributed by atoms with van der Waals surface area (Å²) in [6.07, 6.45) is -0.669. The summed E-state index contributed by atoms with van der Waals surface area (Å²) in [7, 11) is 0. The van der Waals surface area contributed by atoms with Crippen molar-refractivity contribution in [3.63, 3.8) is 0 Å². The third-order valence-electron chi connectivity index (χ3n) is 4.09. The summed E-state index contributed by atoms with van der Waals surface area (Å²) in [5, 5.41) is 2.82. The van der Waals surface area contributed by atoms with E-state index in [0.29, 0.717) is 0 Å². The van der Waals surface area contributed by atoms with Gasteiger partial charge in [0.2, 0.25) is 0 Å². The van der Waals surface area contributed by atoms with E-state index >= 15 is 0 Å². The van der Waals surface area contributed by atoms with Gasteiger partial charge in [-0.05, 0) is 35.8 Å². The van der Waals surface area contributed by atoms with Crippen LogP contribution in [0, 0.1) is 0 Å². The number of ether oxygens (including phenoxy) is 1. The van der Waals surface area contributed by atoms with E-state index in [1.165, 1.54) is 18.2 Å². The zero-order valence-electron chi connectivity index (χ0n) is 15.9. The summed E-state index contributed by atoms with van der Waals surface area (Å²) in [5.74, 6) is -1.27. The lowest BCUT2D eigenvalue weighted by Crippen LogP contribution is -2.32. The Bertz CT molecular complexity index is 848. The molecule has 2 aromatic carbocycles. The molecule has 1 atom stereocenters. The maximum absolute atomic E-state index is 12.7. The van der Waals surface area contributed by atoms with Crippen molar-refractivity contribution in [3.8, 4) is 0 Å². The Morgan fingerprint density at radius 1 is 1.10 bits per heavy atom. The van der Waals surface area contributed by atoms with Crippen LogP contribution in [0.25, 0.3) is 6.08 Å². The SMILES string of the molecule is CCC[C@@H](NC(=O)COC(=O)/C=C/c1cccc(C(F)(F)F)c1)c1ccccc1. The van der Waals surface area contributed by atoms with Crippen molar-refractivity contribution >= 4 is 18.0 Å². The Hall–Kier alpha value is -3.09. The van der Waals surface area contributed by atoms with Crippen molar-refractivity contribution in [2.45, 2.75) is 32.0 Å². The van der Waals surface area contributed by atoms with Gasteiger partial charge in [0.1, 0.15) is 0 Å². The fourth-order valence-electron chi connectivity index (χ4n) is 2.70. The molecule has 0 saturated heterocycles. The minimum Gasteiger partial charge on any atom is -0.452 e. The number of esters is 1. The predicted octanol–water partition coefficient (Wildman–Crippen LogP) is 4.92.